The van der Waals surface area contributed by atoms with Crippen molar-refractivity contribution in [2.75, 3.05) is 25.2 Å². The SMILES string of the molecule is COc1ccc(SCC2=C(C(=O)O)N3C(=O)[C@H](NC(=O)C(NC(=O)NCC(N)=O)c4cccs4)C3SC2)n[n+]1[O-]. The number of primary amides is 1. The summed E-state index contributed by atoms with van der Waals surface area (Å²) in [6, 6.07) is 3.28. The third-order valence-electron chi connectivity index (χ3n) is 5.69. The van der Waals surface area contributed by atoms with Gasteiger partial charge in [-0.15, -0.1) is 23.1 Å². The van der Waals surface area contributed by atoms with Crippen LogP contribution >= 0.6 is 34.9 Å². The fraction of sp³-hybridized carbons (Fsp3) is 0.318. The second-order valence-corrected chi connectivity index (χ2v) is 11.4. The maximum absolute atomic E-state index is 13.2. The average molecular weight is 610 g/mol. The van der Waals surface area contributed by atoms with E-state index in [0.29, 0.717) is 20.3 Å². The normalized spacial score (nSPS) is 18.7. The van der Waals surface area contributed by atoms with Crippen LogP contribution < -0.4 is 31.3 Å². The number of methoxy groups -OCH3 is 1. The van der Waals surface area contributed by atoms with Gasteiger partial charge in [-0.3, -0.25) is 19.3 Å². The van der Waals surface area contributed by atoms with E-state index in [0.717, 1.165) is 16.7 Å². The molecule has 212 valence electrons. The Bertz CT molecular complexity index is 1370. The van der Waals surface area contributed by atoms with Crippen molar-refractivity contribution in [1.29, 1.82) is 0 Å². The van der Waals surface area contributed by atoms with Gasteiger partial charge in [0.1, 0.15) is 23.2 Å². The van der Waals surface area contributed by atoms with E-state index >= 15 is 0 Å². The Kier molecular flexibility index (Phi) is 9.00. The lowest BCUT2D eigenvalue weighted by molar-refractivity contribution is -0.678. The predicted octanol–water partition coefficient (Wildman–Crippen LogP) is -0.858. The van der Waals surface area contributed by atoms with Crippen LogP contribution in [0.3, 0.4) is 0 Å². The maximum Gasteiger partial charge on any atom is 0.405 e. The van der Waals surface area contributed by atoms with Gasteiger partial charge < -0.3 is 36.7 Å². The first kappa shape index (κ1) is 29.0. The molecular formula is C22H23N7O8S3. The Morgan fingerprint density at radius 2 is 2.12 bits per heavy atom. The number of nitrogens with two attached hydrogens (primary N) is 1. The number of aromatic nitrogens is 2. The summed E-state index contributed by atoms with van der Waals surface area (Å²) in [5, 5.41) is 34.2. The molecule has 2 aliphatic heterocycles. The van der Waals surface area contributed by atoms with Crippen molar-refractivity contribution in [3.63, 3.8) is 0 Å². The van der Waals surface area contributed by atoms with Gasteiger partial charge >= 0.3 is 17.9 Å². The molecule has 5 amide bonds. The molecule has 6 N–H and O–H groups in total. The highest BCUT2D eigenvalue weighted by Crippen LogP contribution is 2.41. The molecule has 0 spiro atoms. The first-order valence-electron chi connectivity index (χ1n) is 11.4. The van der Waals surface area contributed by atoms with E-state index in [2.05, 4.69) is 21.0 Å². The minimum absolute atomic E-state index is 0.00734. The van der Waals surface area contributed by atoms with E-state index in [4.69, 9.17) is 10.5 Å². The number of urea groups is 1. The fourth-order valence-corrected chi connectivity index (χ4v) is 6.97. The van der Waals surface area contributed by atoms with Crippen molar-refractivity contribution >= 4 is 64.6 Å². The zero-order valence-electron chi connectivity index (χ0n) is 20.7. The highest BCUT2D eigenvalue weighted by Gasteiger charge is 2.54. The van der Waals surface area contributed by atoms with Crippen molar-refractivity contribution < 1.29 is 38.7 Å². The van der Waals surface area contributed by atoms with Crippen molar-refractivity contribution in [3.05, 3.63) is 51.0 Å². The van der Waals surface area contributed by atoms with Gasteiger partial charge in [-0.1, -0.05) is 17.8 Å². The smallest absolute Gasteiger partial charge is 0.405 e. The minimum atomic E-state index is -1.30. The third kappa shape index (κ3) is 6.23. The van der Waals surface area contributed by atoms with Crippen LogP contribution in [0.25, 0.3) is 0 Å². The Morgan fingerprint density at radius 3 is 2.75 bits per heavy atom. The molecule has 0 saturated carbocycles. The molecule has 40 heavy (non-hydrogen) atoms. The number of fused-ring (bicyclic) bond motifs is 1. The number of nitrogens with zero attached hydrogens (tertiary/aromatic N) is 3. The van der Waals surface area contributed by atoms with Crippen LogP contribution in [0.1, 0.15) is 10.9 Å². The first-order valence-corrected chi connectivity index (χ1v) is 14.4. The van der Waals surface area contributed by atoms with Crippen LogP contribution in [0.5, 0.6) is 5.88 Å². The summed E-state index contributed by atoms with van der Waals surface area (Å²) >= 11 is 3.60. The number of rotatable bonds is 11. The Morgan fingerprint density at radius 1 is 1.35 bits per heavy atom. The number of carboxylic acids is 1. The summed E-state index contributed by atoms with van der Waals surface area (Å²) in [5.74, 6) is -2.95. The molecule has 2 unspecified atom stereocenters. The first-order chi connectivity index (χ1) is 19.1. The number of carbonyl (C=O) groups excluding carboxylic acids is 4. The van der Waals surface area contributed by atoms with Gasteiger partial charge in [-0.05, 0) is 27.9 Å². The van der Waals surface area contributed by atoms with Gasteiger partial charge in [0.15, 0.2) is 5.03 Å². The summed E-state index contributed by atoms with van der Waals surface area (Å²) in [7, 11) is 1.33. The Labute approximate surface area is 239 Å². The fourth-order valence-electron chi connectivity index (χ4n) is 3.86. The van der Waals surface area contributed by atoms with Gasteiger partial charge in [0.25, 0.3) is 5.91 Å². The van der Waals surface area contributed by atoms with Gasteiger partial charge in [0.2, 0.25) is 11.8 Å². The van der Waals surface area contributed by atoms with Crippen molar-refractivity contribution in [2.45, 2.75) is 22.5 Å². The molecule has 1 fully saturated rings. The van der Waals surface area contributed by atoms with E-state index in [-0.39, 0.29) is 23.1 Å². The number of β-lactam (4-membered cyclic amide) rings is 1. The molecule has 0 aliphatic carbocycles. The zero-order chi connectivity index (χ0) is 29.0. The molecule has 0 bridgehead atoms. The number of aliphatic carboxylic acids is 1. The van der Waals surface area contributed by atoms with Crippen LogP contribution in [0.15, 0.2) is 45.9 Å². The Balaban J connectivity index is 1.45. The second kappa shape index (κ2) is 12.4. The van der Waals surface area contributed by atoms with Crippen molar-refractivity contribution in [2.24, 2.45) is 5.73 Å². The number of nitrogens with one attached hydrogen (secondary N) is 3. The molecule has 0 radical (unpaired) electrons. The number of carbonyl (C=O) groups is 5. The number of hydrogen-bond acceptors (Lipinski definition) is 11. The molecule has 4 rings (SSSR count). The molecule has 2 aromatic heterocycles. The summed E-state index contributed by atoms with van der Waals surface area (Å²) < 4.78 is 4.87. The average Bonchev–Trinajstić information content (AvgIpc) is 3.46. The lowest BCUT2D eigenvalue weighted by Gasteiger charge is -2.49. The topological polar surface area (TPSA) is 220 Å². The van der Waals surface area contributed by atoms with Crippen LogP contribution in [-0.2, 0) is 19.2 Å². The van der Waals surface area contributed by atoms with Crippen LogP contribution in [0.2, 0.25) is 0 Å². The number of amides is 5. The van der Waals surface area contributed by atoms with E-state index in [1.165, 1.54) is 36.3 Å². The quantitative estimate of drug-likeness (QED) is 0.0913. The predicted molar refractivity (Wildman–Crippen MR) is 143 cm³/mol. The van der Waals surface area contributed by atoms with Crippen molar-refractivity contribution in [3.8, 4) is 5.88 Å². The molecule has 0 aromatic carbocycles. The summed E-state index contributed by atoms with van der Waals surface area (Å²) in [6.07, 6.45) is 0. The van der Waals surface area contributed by atoms with Crippen LogP contribution in [0, 0.1) is 5.21 Å². The molecule has 4 heterocycles. The van der Waals surface area contributed by atoms with E-state index < -0.39 is 53.7 Å². The zero-order valence-corrected chi connectivity index (χ0v) is 23.1. The molecule has 2 aromatic rings. The number of thioether (sulfide) groups is 2. The van der Waals surface area contributed by atoms with Gasteiger partial charge in [-0.2, -0.15) is 0 Å². The van der Waals surface area contributed by atoms with E-state index in [9.17, 15) is 34.3 Å². The molecule has 2 aliphatic rings. The van der Waals surface area contributed by atoms with E-state index in [1.54, 1.807) is 23.6 Å². The molecule has 1 saturated heterocycles. The highest BCUT2D eigenvalue weighted by molar-refractivity contribution is 8.01. The van der Waals surface area contributed by atoms with Gasteiger partial charge in [0, 0.05) is 21.5 Å². The monoisotopic (exact) mass is 609 g/mol. The van der Waals surface area contributed by atoms with E-state index in [1.807, 2.05) is 0 Å². The van der Waals surface area contributed by atoms with Crippen molar-refractivity contribution in [1.82, 2.24) is 25.9 Å². The lowest BCUT2D eigenvalue weighted by atomic mass is 10.0. The molecular weight excluding hydrogens is 586 g/mol. The molecule has 18 heteroatoms. The summed E-state index contributed by atoms with van der Waals surface area (Å²) in [5.41, 5.74) is 5.30. The number of hydrogen-bond donors (Lipinski definition) is 5. The summed E-state index contributed by atoms with van der Waals surface area (Å²) in [6.45, 7) is -0.435. The standard InChI is InChI=1S/C22H23N7O8S3/c1-37-14-5-4-13(27-29(14)36)39-8-10-9-40-20-16(19(32)28(20)17(10)21(33)34)25-18(31)15(11-3-2-6-38-11)26-22(35)24-7-12(23)30/h2-6,15-16,20H,7-9H2,1H3,(H2,23,30)(H,25,31)(H,33,34)(H2,24,26,35)/t15?,16-,20?/m0/s1. The number of thiophene rings is 1. The lowest BCUT2D eigenvalue weighted by Crippen LogP contribution is -2.71. The van der Waals surface area contributed by atoms with Crippen LogP contribution in [-0.4, -0.2) is 81.4 Å². The number of ether oxygens (including phenoxy) is 1. The van der Waals surface area contributed by atoms with Gasteiger partial charge in [0.05, 0.1) is 19.7 Å². The second-order valence-electron chi connectivity index (χ2n) is 8.27. The largest absolute Gasteiger partial charge is 0.591 e. The highest BCUT2D eigenvalue weighted by atomic mass is 32.2. The molecule has 3 atom stereocenters. The third-order valence-corrected chi connectivity index (χ3v) is 8.97. The number of carboxylic acid groups (broad SMARTS) is 1. The van der Waals surface area contributed by atoms with Gasteiger partial charge in [-0.25, -0.2) is 9.59 Å². The molecule has 15 nitrogen and oxygen atoms in total. The maximum atomic E-state index is 13.2. The Hall–Kier alpha value is -4.03. The van der Waals surface area contributed by atoms with Crippen LogP contribution in [0.4, 0.5) is 4.79 Å². The summed E-state index contributed by atoms with van der Waals surface area (Å²) in [4.78, 5) is 63.4. The minimum Gasteiger partial charge on any atom is -0.591 e.